The van der Waals surface area contributed by atoms with Crippen molar-refractivity contribution in [3.8, 4) is 39.1 Å². The molecule has 0 aromatic heterocycles. The molecule has 1 nitrogen and oxygen atoms in total. The van der Waals surface area contributed by atoms with Crippen LogP contribution in [0.25, 0.3) is 33.4 Å². The Balaban J connectivity index is 1.71. The third-order valence-electron chi connectivity index (χ3n) is 4.80. The Morgan fingerprint density at radius 3 is 1.38 bits per heavy atom. The third-order valence-corrected chi connectivity index (χ3v) is 5.88. The van der Waals surface area contributed by atoms with Gasteiger partial charge in [-0.1, -0.05) is 84.9 Å². The van der Waals surface area contributed by atoms with E-state index in [2.05, 4.69) is 66.7 Å². The summed E-state index contributed by atoms with van der Waals surface area (Å²) in [5, 5.41) is 1.27. The highest BCUT2D eigenvalue weighted by Crippen LogP contribution is 2.43. The summed E-state index contributed by atoms with van der Waals surface area (Å²) in [6.45, 7) is 0. The minimum absolute atomic E-state index is 0.257. The van der Waals surface area contributed by atoms with Crippen molar-refractivity contribution >= 4 is 14.1 Å². The zero-order chi connectivity index (χ0) is 17.3. The fraction of sp³-hybridized carbons (Fsp3) is 0. The Kier molecular flexibility index (Phi) is 3.81. The van der Waals surface area contributed by atoms with Crippen molar-refractivity contribution in [2.45, 2.75) is 0 Å². The molecule has 2 heteroatoms. The van der Waals surface area contributed by atoms with E-state index in [1.165, 1.54) is 38.7 Å². The van der Waals surface area contributed by atoms with E-state index >= 15 is 0 Å². The lowest BCUT2D eigenvalue weighted by molar-refractivity contribution is 0.638. The molecule has 26 heavy (non-hydrogen) atoms. The topological polar surface area (TPSA) is 9.23 Å². The molecule has 0 fully saturated rings. The molecule has 5 rings (SSSR count). The van der Waals surface area contributed by atoms with Gasteiger partial charge in [0.05, 0.1) is 0 Å². The van der Waals surface area contributed by atoms with E-state index in [4.69, 9.17) is 4.52 Å². The zero-order valence-corrected chi connectivity index (χ0v) is 15.1. The van der Waals surface area contributed by atoms with E-state index in [0.29, 0.717) is 0 Å². The summed E-state index contributed by atoms with van der Waals surface area (Å²) >= 11 is 0. The lowest BCUT2D eigenvalue weighted by Gasteiger charge is -2.14. The Morgan fingerprint density at radius 2 is 0.846 bits per heavy atom. The highest BCUT2D eigenvalue weighted by molar-refractivity contribution is 7.43. The predicted octanol–water partition coefficient (Wildman–Crippen LogP) is 6.30. The molecule has 1 atom stereocenters. The van der Waals surface area contributed by atoms with Gasteiger partial charge in [0.25, 0.3) is 0 Å². The summed E-state index contributed by atoms with van der Waals surface area (Å²) in [7, 11) is 0.257. The van der Waals surface area contributed by atoms with Crippen molar-refractivity contribution in [2.75, 3.05) is 0 Å². The van der Waals surface area contributed by atoms with E-state index in [-0.39, 0.29) is 8.81 Å². The molecular formula is C24H17OP. The lowest BCUT2D eigenvalue weighted by Crippen LogP contribution is -2.05. The fourth-order valence-electron chi connectivity index (χ4n) is 3.62. The minimum Gasteiger partial charge on any atom is -0.472 e. The number of hydrogen-bond acceptors (Lipinski definition) is 1. The van der Waals surface area contributed by atoms with Crippen molar-refractivity contribution < 1.29 is 4.52 Å². The van der Waals surface area contributed by atoms with E-state index < -0.39 is 0 Å². The van der Waals surface area contributed by atoms with Gasteiger partial charge in [-0.2, -0.15) is 0 Å². The van der Waals surface area contributed by atoms with Crippen molar-refractivity contribution in [3.05, 3.63) is 97.1 Å². The Bertz CT molecular complexity index is 1020. The van der Waals surface area contributed by atoms with E-state index in [0.717, 1.165) is 5.75 Å². The quantitative estimate of drug-likeness (QED) is 0.346. The molecule has 0 radical (unpaired) electrons. The first kappa shape index (κ1) is 15.4. The third kappa shape index (κ3) is 2.53. The van der Waals surface area contributed by atoms with Crippen molar-refractivity contribution in [1.82, 2.24) is 0 Å². The van der Waals surface area contributed by atoms with Crippen LogP contribution in [0.3, 0.4) is 0 Å². The molecule has 2 bridgehead atoms. The zero-order valence-electron chi connectivity index (χ0n) is 14.1. The van der Waals surface area contributed by atoms with Gasteiger partial charge in [-0.3, -0.25) is 0 Å². The van der Waals surface area contributed by atoms with Gasteiger partial charge in [-0.15, -0.1) is 0 Å². The molecule has 124 valence electrons. The van der Waals surface area contributed by atoms with Gasteiger partial charge < -0.3 is 4.52 Å². The van der Waals surface area contributed by atoms with Crippen LogP contribution >= 0.6 is 8.81 Å². The van der Waals surface area contributed by atoms with Crippen LogP contribution in [0.4, 0.5) is 0 Å². The van der Waals surface area contributed by atoms with Gasteiger partial charge in [0.2, 0.25) is 0 Å². The molecule has 0 saturated carbocycles. The summed E-state index contributed by atoms with van der Waals surface area (Å²) in [5.41, 5.74) is 7.66. The van der Waals surface area contributed by atoms with E-state index in [1.54, 1.807) is 0 Å². The standard InChI is InChI=1S/C24H17OP/c1-2-9-17(10-3-1)25-26-24-22-15-8-16-23(24)21-14-7-5-12-19(21)18-11-4-6-13-20(18)22/h1-16,26H. The molecule has 0 N–H and O–H groups in total. The molecule has 4 aromatic carbocycles. The normalized spacial score (nSPS) is 11.7. The Labute approximate surface area is 155 Å². The second-order valence-corrected chi connectivity index (χ2v) is 7.24. The first-order chi connectivity index (χ1) is 12.9. The summed E-state index contributed by atoms with van der Waals surface area (Å²) in [4.78, 5) is 0. The molecule has 0 heterocycles. The average Bonchev–Trinajstić information content (AvgIpc) is 2.77. The second kappa shape index (κ2) is 6.44. The van der Waals surface area contributed by atoms with Gasteiger partial charge in [0.15, 0.2) is 0 Å². The molecular weight excluding hydrogens is 335 g/mol. The summed E-state index contributed by atoms with van der Waals surface area (Å²) in [6, 6.07) is 34.0. The van der Waals surface area contributed by atoms with Crippen molar-refractivity contribution in [2.24, 2.45) is 0 Å². The number of benzene rings is 4. The van der Waals surface area contributed by atoms with Crippen LogP contribution in [0.2, 0.25) is 0 Å². The first-order valence-corrected chi connectivity index (χ1v) is 9.63. The highest BCUT2D eigenvalue weighted by Gasteiger charge is 2.22. The maximum atomic E-state index is 6.16. The van der Waals surface area contributed by atoms with Gasteiger partial charge in [-0.05, 0) is 45.5 Å². The summed E-state index contributed by atoms with van der Waals surface area (Å²) in [5.74, 6) is 0.910. The number of fused-ring (bicyclic) bond motifs is 7. The summed E-state index contributed by atoms with van der Waals surface area (Å²) < 4.78 is 6.16. The molecule has 0 aliphatic heterocycles. The second-order valence-electron chi connectivity index (χ2n) is 6.34. The minimum atomic E-state index is 0.257. The van der Waals surface area contributed by atoms with E-state index in [1.807, 2.05) is 30.3 Å². The van der Waals surface area contributed by atoms with Crippen molar-refractivity contribution in [3.63, 3.8) is 0 Å². The number of rotatable bonds is 3. The average molecular weight is 352 g/mol. The van der Waals surface area contributed by atoms with Gasteiger partial charge in [0, 0.05) is 5.30 Å². The molecule has 1 aliphatic rings. The SMILES string of the molecule is c1ccc(OPc2c3cccc2-c2ccccc2-c2ccccc2-3)cc1. The first-order valence-electron chi connectivity index (χ1n) is 8.72. The fourth-order valence-corrected chi connectivity index (χ4v) is 4.63. The Morgan fingerprint density at radius 1 is 0.423 bits per heavy atom. The number of hydrogen-bond donors (Lipinski definition) is 0. The monoisotopic (exact) mass is 352 g/mol. The molecule has 4 aromatic rings. The van der Waals surface area contributed by atoms with Crippen LogP contribution in [0.15, 0.2) is 97.1 Å². The summed E-state index contributed by atoms with van der Waals surface area (Å²) in [6.07, 6.45) is 0. The van der Waals surface area contributed by atoms with Crippen LogP contribution in [-0.4, -0.2) is 0 Å². The largest absolute Gasteiger partial charge is 0.472 e. The van der Waals surface area contributed by atoms with Crippen LogP contribution < -0.4 is 9.83 Å². The van der Waals surface area contributed by atoms with Crippen LogP contribution in [-0.2, 0) is 0 Å². The van der Waals surface area contributed by atoms with Gasteiger partial charge >= 0.3 is 0 Å². The lowest BCUT2D eigenvalue weighted by atomic mass is 9.95. The van der Waals surface area contributed by atoms with E-state index in [9.17, 15) is 0 Å². The van der Waals surface area contributed by atoms with Gasteiger partial charge in [0.1, 0.15) is 14.6 Å². The number of para-hydroxylation sites is 1. The van der Waals surface area contributed by atoms with Gasteiger partial charge in [-0.25, -0.2) is 0 Å². The Hall–Kier alpha value is -2.89. The van der Waals surface area contributed by atoms with Crippen LogP contribution in [0.1, 0.15) is 0 Å². The highest BCUT2D eigenvalue weighted by atomic mass is 31.1. The molecule has 0 amide bonds. The maximum Gasteiger partial charge on any atom is 0.123 e. The maximum absolute atomic E-state index is 6.16. The van der Waals surface area contributed by atoms with Crippen molar-refractivity contribution in [1.29, 1.82) is 0 Å². The van der Waals surface area contributed by atoms with Crippen LogP contribution in [0.5, 0.6) is 5.75 Å². The molecule has 0 saturated heterocycles. The smallest absolute Gasteiger partial charge is 0.123 e. The van der Waals surface area contributed by atoms with Crippen LogP contribution in [0, 0.1) is 0 Å². The molecule has 1 unspecified atom stereocenters. The predicted molar refractivity (Wildman–Crippen MR) is 111 cm³/mol. The molecule has 1 aliphatic carbocycles. The molecule has 0 spiro atoms.